The Morgan fingerprint density at radius 2 is 2.17 bits per heavy atom. The van der Waals surface area contributed by atoms with Crippen molar-refractivity contribution < 1.29 is 4.79 Å². The first-order valence-corrected chi connectivity index (χ1v) is 9.18. The van der Waals surface area contributed by atoms with Gasteiger partial charge in [-0.05, 0) is 45.8 Å². The maximum atomic E-state index is 12.3. The first kappa shape index (κ1) is 16.1. The highest BCUT2D eigenvalue weighted by molar-refractivity contribution is 9.10. The Hall–Kier alpha value is -1.73. The van der Waals surface area contributed by atoms with E-state index in [1.54, 1.807) is 16.9 Å². The summed E-state index contributed by atoms with van der Waals surface area (Å²) in [6.07, 6.45) is 7.26. The molecule has 3 rings (SSSR count). The summed E-state index contributed by atoms with van der Waals surface area (Å²) in [6, 6.07) is 2.13. The van der Waals surface area contributed by atoms with Gasteiger partial charge in [0.1, 0.15) is 0 Å². The van der Waals surface area contributed by atoms with Crippen LogP contribution in [-0.2, 0) is 0 Å². The zero-order valence-electron chi connectivity index (χ0n) is 12.9. The molecule has 3 aromatic rings. The van der Waals surface area contributed by atoms with Gasteiger partial charge < -0.3 is 5.32 Å². The smallest absolute Gasteiger partial charge is 0.261 e. The van der Waals surface area contributed by atoms with Gasteiger partial charge in [-0.25, -0.2) is 9.50 Å². The number of thiophene rings is 1. The van der Waals surface area contributed by atoms with Gasteiger partial charge >= 0.3 is 0 Å². The highest BCUT2D eigenvalue weighted by Crippen LogP contribution is 2.28. The van der Waals surface area contributed by atoms with Crippen LogP contribution >= 0.6 is 27.3 Å². The molecule has 0 saturated carbocycles. The fourth-order valence-electron chi connectivity index (χ4n) is 2.40. The third kappa shape index (κ3) is 3.30. The lowest BCUT2D eigenvalue weighted by Gasteiger charge is -2.13. The van der Waals surface area contributed by atoms with Crippen molar-refractivity contribution in [2.45, 2.75) is 32.7 Å². The molecule has 0 aliphatic heterocycles. The van der Waals surface area contributed by atoms with Crippen molar-refractivity contribution in [1.29, 1.82) is 0 Å². The number of carbonyl (C=O) groups excluding carboxylic acids is 1. The molecule has 0 bridgehead atoms. The molecule has 0 unspecified atom stereocenters. The molecule has 7 heteroatoms. The van der Waals surface area contributed by atoms with Crippen LogP contribution in [-0.4, -0.2) is 26.5 Å². The highest BCUT2D eigenvalue weighted by atomic mass is 79.9. The monoisotopic (exact) mass is 392 g/mol. The highest BCUT2D eigenvalue weighted by Gasteiger charge is 2.15. The number of fused-ring (bicyclic) bond motifs is 1. The Morgan fingerprint density at radius 3 is 2.91 bits per heavy atom. The summed E-state index contributed by atoms with van der Waals surface area (Å²) >= 11 is 4.83. The molecule has 1 amide bonds. The van der Waals surface area contributed by atoms with Crippen molar-refractivity contribution in [1.82, 2.24) is 19.9 Å². The molecule has 0 spiro atoms. The van der Waals surface area contributed by atoms with E-state index in [2.05, 4.69) is 45.2 Å². The molecule has 23 heavy (non-hydrogen) atoms. The molecule has 0 radical (unpaired) electrons. The quantitative estimate of drug-likeness (QED) is 0.709. The number of carbonyl (C=O) groups is 1. The Kier molecular flexibility index (Phi) is 4.77. The second-order valence-corrected chi connectivity index (χ2v) is 7.11. The van der Waals surface area contributed by atoms with E-state index in [0.29, 0.717) is 4.88 Å². The molecule has 0 saturated heterocycles. The second-order valence-electron chi connectivity index (χ2n) is 5.29. The summed E-state index contributed by atoms with van der Waals surface area (Å²) in [5.74, 6) is -0.0119. The SMILES string of the molecule is CCC(CC)NC(=O)c1cc(-c2cnn3cc(Br)cnc23)cs1. The Bertz CT molecular complexity index is 838. The molecule has 0 atom stereocenters. The van der Waals surface area contributed by atoms with E-state index in [0.717, 1.165) is 34.1 Å². The van der Waals surface area contributed by atoms with Crippen molar-refractivity contribution in [3.05, 3.63) is 39.4 Å². The maximum absolute atomic E-state index is 12.3. The van der Waals surface area contributed by atoms with Crippen molar-refractivity contribution in [2.24, 2.45) is 0 Å². The van der Waals surface area contributed by atoms with E-state index < -0.39 is 0 Å². The third-order valence-corrected chi connectivity index (χ3v) is 5.12. The minimum atomic E-state index is -0.0119. The molecule has 120 valence electrons. The lowest BCUT2D eigenvalue weighted by Crippen LogP contribution is -2.33. The predicted molar refractivity (Wildman–Crippen MR) is 95.8 cm³/mol. The Balaban J connectivity index is 1.87. The van der Waals surface area contributed by atoms with Crippen molar-refractivity contribution in [3.63, 3.8) is 0 Å². The fourth-order valence-corrected chi connectivity index (χ4v) is 3.51. The summed E-state index contributed by atoms with van der Waals surface area (Å²) in [7, 11) is 0. The van der Waals surface area contributed by atoms with Crippen LogP contribution in [0.3, 0.4) is 0 Å². The molecule has 3 aromatic heterocycles. The average Bonchev–Trinajstić information content (AvgIpc) is 3.18. The number of aromatic nitrogens is 3. The zero-order chi connectivity index (χ0) is 16.4. The molecular weight excluding hydrogens is 376 g/mol. The molecule has 5 nitrogen and oxygen atoms in total. The number of halogens is 1. The van der Waals surface area contributed by atoms with Crippen LogP contribution in [0, 0.1) is 0 Å². The van der Waals surface area contributed by atoms with Gasteiger partial charge in [-0.15, -0.1) is 11.3 Å². The molecular formula is C16H17BrN4OS. The summed E-state index contributed by atoms with van der Waals surface area (Å²) < 4.78 is 2.59. The lowest BCUT2D eigenvalue weighted by molar-refractivity contribution is 0.0939. The van der Waals surface area contributed by atoms with Gasteiger partial charge in [-0.1, -0.05) is 13.8 Å². The summed E-state index contributed by atoms with van der Waals surface area (Å²) in [4.78, 5) is 17.4. The molecule has 0 aliphatic rings. The largest absolute Gasteiger partial charge is 0.349 e. The average molecular weight is 393 g/mol. The molecule has 0 aromatic carbocycles. The number of hydrogen-bond acceptors (Lipinski definition) is 4. The van der Waals surface area contributed by atoms with Crippen LogP contribution in [0.2, 0.25) is 0 Å². The first-order valence-electron chi connectivity index (χ1n) is 7.51. The van der Waals surface area contributed by atoms with E-state index in [9.17, 15) is 4.79 Å². The van der Waals surface area contributed by atoms with Crippen LogP contribution in [0.25, 0.3) is 16.8 Å². The normalized spacial score (nSPS) is 11.3. The van der Waals surface area contributed by atoms with Gasteiger partial charge in [-0.2, -0.15) is 5.10 Å². The number of nitrogens with zero attached hydrogens (tertiary/aromatic N) is 3. The zero-order valence-corrected chi connectivity index (χ0v) is 15.3. The molecule has 3 heterocycles. The topological polar surface area (TPSA) is 59.3 Å². The molecule has 0 aliphatic carbocycles. The van der Waals surface area contributed by atoms with Gasteiger partial charge in [0, 0.05) is 24.0 Å². The van der Waals surface area contributed by atoms with Gasteiger partial charge in [0.05, 0.1) is 15.5 Å². The standard InChI is InChI=1S/C16H17BrN4OS/c1-3-12(4-2)20-16(22)14-5-10(9-23-14)13-7-19-21-8-11(17)6-18-15(13)21/h5-9,12H,3-4H2,1-2H3,(H,20,22). The Morgan fingerprint density at radius 1 is 1.39 bits per heavy atom. The van der Waals surface area contributed by atoms with Crippen molar-refractivity contribution in [3.8, 4) is 11.1 Å². The van der Waals surface area contributed by atoms with E-state index in [1.807, 2.05) is 17.6 Å². The van der Waals surface area contributed by atoms with Crippen molar-refractivity contribution in [2.75, 3.05) is 0 Å². The fraction of sp³-hybridized carbons (Fsp3) is 0.312. The van der Waals surface area contributed by atoms with Gasteiger partial charge in [-0.3, -0.25) is 4.79 Å². The van der Waals surface area contributed by atoms with Crippen LogP contribution in [0.15, 0.2) is 34.5 Å². The molecule has 1 N–H and O–H groups in total. The summed E-state index contributed by atoms with van der Waals surface area (Å²) in [5, 5.41) is 9.35. The summed E-state index contributed by atoms with van der Waals surface area (Å²) in [5.41, 5.74) is 2.67. The van der Waals surface area contributed by atoms with Gasteiger partial charge in [0.25, 0.3) is 5.91 Å². The predicted octanol–water partition coefficient (Wildman–Crippen LogP) is 4.14. The van der Waals surface area contributed by atoms with E-state index in [1.165, 1.54) is 11.3 Å². The molecule has 0 fully saturated rings. The minimum Gasteiger partial charge on any atom is -0.349 e. The van der Waals surface area contributed by atoms with E-state index in [-0.39, 0.29) is 11.9 Å². The van der Waals surface area contributed by atoms with Crippen LogP contribution in [0.1, 0.15) is 36.4 Å². The number of rotatable bonds is 5. The summed E-state index contributed by atoms with van der Waals surface area (Å²) in [6.45, 7) is 4.16. The number of nitrogens with one attached hydrogen (secondary N) is 1. The number of hydrogen-bond donors (Lipinski definition) is 1. The van der Waals surface area contributed by atoms with Crippen LogP contribution in [0.5, 0.6) is 0 Å². The third-order valence-electron chi connectivity index (χ3n) is 3.78. The number of amides is 1. The minimum absolute atomic E-state index is 0.0119. The maximum Gasteiger partial charge on any atom is 0.261 e. The first-order chi connectivity index (χ1) is 11.1. The van der Waals surface area contributed by atoms with E-state index >= 15 is 0 Å². The Labute approximate surface area is 146 Å². The second kappa shape index (κ2) is 6.80. The van der Waals surface area contributed by atoms with E-state index in [4.69, 9.17) is 0 Å². The van der Waals surface area contributed by atoms with Gasteiger partial charge in [0.15, 0.2) is 5.65 Å². The van der Waals surface area contributed by atoms with Crippen LogP contribution < -0.4 is 5.32 Å². The van der Waals surface area contributed by atoms with Gasteiger partial charge in [0.2, 0.25) is 0 Å². The van der Waals surface area contributed by atoms with Crippen LogP contribution in [0.4, 0.5) is 0 Å². The van der Waals surface area contributed by atoms with Crippen molar-refractivity contribution >= 4 is 38.8 Å². The lowest BCUT2D eigenvalue weighted by atomic mass is 10.1.